The van der Waals surface area contributed by atoms with Crippen molar-refractivity contribution in [3.63, 3.8) is 0 Å². The summed E-state index contributed by atoms with van der Waals surface area (Å²) < 4.78 is 6.19. The maximum atomic E-state index is 12.0. The van der Waals surface area contributed by atoms with E-state index in [1.54, 1.807) is 6.07 Å². The third kappa shape index (κ3) is 5.56. The van der Waals surface area contributed by atoms with Crippen LogP contribution >= 0.6 is 0 Å². The zero-order valence-corrected chi connectivity index (χ0v) is 14.3. The zero-order valence-electron chi connectivity index (χ0n) is 14.3. The highest BCUT2D eigenvalue weighted by atomic mass is 16.5. The minimum Gasteiger partial charge on any atom is -0.451 e. The summed E-state index contributed by atoms with van der Waals surface area (Å²) in [6, 6.07) is 9.86. The van der Waals surface area contributed by atoms with Gasteiger partial charge < -0.3 is 10.1 Å². The Morgan fingerprint density at radius 1 is 1.24 bits per heavy atom. The van der Waals surface area contributed by atoms with E-state index in [4.69, 9.17) is 4.74 Å². The summed E-state index contributed by atoms with van der Waals surface area (Å²) in [5, 5.41) is 6.63. The normalized spacial score (nSPS) is 10.3. The quantitative estimate of drug-likeness (QED) is 0.778. The molecule has 0 bridgehead atoms. The van der Waals surface area contributed by atoms with Crippen molar-refractivity contribution in [1.29, 1.82) is 0 Å². The van der Waals surface area contributed by atoms with Crippen LogP contribution in [0.1, 0.15) is 35.8 Å². The molecule has 0 atom stereocenters. The first-order valence-corrected chi connectivity index (χ1v) is 8.11. The largest absolute Gasteiger partial charge is 0.451 e. The van der Waals surface area contributed by atoms with E-state index in [9.17, 15) is 14.4 Å². The summed E-state index contributed by atoms with van der Waals surface area (Å²) in [4.78, 5) is 35.6. The second kappa shape index (κ2) is 8.77. The fraction of sp³-hybridized carbons (Fsp3) is 0.333. The Morgan fingerprint density at radius 3 is 2.76 bits per heavy atom. The summed E-state index contributed by atoms with van der Waals surface area (Å²) in [6.07, 6.45) is 1.69. The number of amides is 1. The van der Waals surface area contributed by atoms with Crippen LogP contribution in [0.5, 0.6) is 0 Å². The maximum absolute atomic E-state index is 12.0. The van der Waals surface area contributed by atoms with Crippen molar-refractivity contribution in [3.05, 3.63) is 58.0 Å². The lowest BCUT2D eigenvalue weighted by Crippen LogP contribution is -2.26. The van der Waals surface area contributed by atoms with Crippen LogP contribution in [0.25, 0.3) is 0 Å². The lowest BCUT2D eigenvalue weighted by Gasteiger charge is -2.08. The molecular formula is C18H21N3O4. The van der Waals surface area contributed by atoms with Gasteiger partial charge in [-0.25, -0.2) is 9.48 Å². The van der Waals surface area contributed by atoms with Crippen molar-refractivity contribution in [3.8, 4) is 0 Å². The van der Waals surface area contributed by atoms with E-state index in [-0.39, 0.29) is 11.3 Å². The van der Waals surface area contributed by atoms with E-state index in [1.165, 1.54) is 16.8 Å². The molecule has 1 aromatic heterocycles. The number of esters is 1. The van der Waals surface area contributed by atoms with Crippen LogP contribution < -0.4 is 10.9 Å². The number of unbranched alkanes of at least 4 members (excludes halogenated alkanes) is 1. The minimum atomic E-state index is -0.746. The monoisotopic (exact) mass is 343 g/mol. The highest BCUT2D eigenvalue weighted by molar-refractivity contribution is 5.94. The van der Waals surface area contributed by atoms with Crippen LogP contribution in [-0.2, 0) is 16.1 Å². The van der Waals surface area contributed by atoms with Crippen LogP contribution in [-0.4, -0.2) is 28.3 Å². The molecule has 0 saturated heterocycles. The van der Waals surface area contributed by atoms with Crippen LogP contribution in [0, 0.1) is 6.92 Å². The number of anilines is 1. The van der Waals surface area contributed by atoms with E-state index >= 15 is 0 Å². The number of benzene rings is 1. The van der Waals surface area contributed by atoms with Gasteiger partial charge in [-0.05, 0) is 37.1 Å². The fourth-order valence-electron chi connectivity index (χ4n) is 2.15. The van der Waals surface area contributed by atoms with E-state index in [2.05, 4.69) is 10.4 Å². The Kier molecular flexibility index (Phi) is 6.45. The molecule has 7 nitrogen and oxygen atoms in total. The minimum absolute atomic E-state index is 0.000872. The predicted molar refractivity (Wildman–Crippen MR) is 93.5 cm³/mol. The van der Waals surface area contributed by atoms with Crippen LogP contribution in [0.3, 0.4) is 0 Å². The Hall–Kier alpha value is -2.96. The van der Waals surface area contributed by atoms with Gasteiger partial charge in [0.25, 0.3) is 11.5 Å². The van der Waals surface area contributed by atoms with Crippen molar-refractivity contribution in [2.24, 2.45) is 0 Å². The number of aromatic nitrogens is 2. The number of ether oxygens (including phenoxy) is 1. The van der Waals surface area contributed by atoms with Gasteiger partial charge in [-0.2, -0.15) is 5.10 Å². The highest BCUT2D eigenvalue weighted by Gasteiger charge is 2.13. The van der Waals surface area contributed by atoms with Crippen molar-refractivity contribution in [1.82, 2.24) is 9.78 Å². The smallest absolute Gasteiger partial charge is 0.359 e. The molecule has 1 N–H and O–H groups in total. The average Bonchev–Trinajstić information content (AvgIpc) is 2.59. The molecule has 0 aliphatic carbocycles. The van der Waals surface area contributed by atoms with Crippen molar-refractivity contribution >= 4 is 17.6 Å². The van der Waals surface area contributed by atoms with E-state index in [0.29, 0.717) is 12.2 Å². The van der Waals surface area contributed by atoms with Gasteiger partial charge in [0.15, 0.2) is 12.3 Å². The molecule has 2 aromatic rings. The van der Waals surface area contributed by atoms with E-state index in [1.807, 2.05) is 32.0 Å². The molecule has 2 rings (SSSR count). The molecular weight excluding hydrogens is 322 g/mol. The van der Waals surface area contributed by atoms with Gasteiger partial charge in [-0.3, -0.25) is 9.59 Å². The molecule has 7 heteroatoms. The summed E-state index contributed by atoms with van der Waals surface area (Å²) in [6.45, 7) is 3.91. The first-order valence-electron chi connectivity index (χ1n) is 8.11. The molecule has 1 amide bonds. The topological polar surface area (TPSA) is 90.3 Å². The maximum Gasteiger partial charge on any atom is 0.359 e. The average molecular weight is 343 g/mol. The number of carbonyl (C=O) groups is 2. The fourth-order valence-corrected chi connectivity index (χ4v) is 2.15. The number of nitrogens with one attached hydrogen (secondary N) is 1. The van der Waals surface area contributed by atoms with Crippen LogP contribution in [0.4, 0.5) is 5.69 Å². The van der Waals surface area contributed by atoms with Crippen molar-refractivity contribution < 1.29 is 14.3 Å². The number of hydrogen-bond acceptors (Lipinski definition) is 5. The van der Waals surface area contributed by atoms with Gasteiger partial charge in [0, 0.05) is 18.3 Å². The number of hydrogen-bond donors (Lipinski definition) is 1. The van der Waals surface area contributed by atoms with Crippen molar-refractivity contribution in [2.75, 3.05) is 11.9 Å². The lowest BCUT2D eigenvalue weighted by molar-refractivity contribution is -0.119. The second-order valence-corrected chi connectivity index (χ2v) is 5.63. The van der Waals surface area contributed by atoms with Crippen LogP contribution in [0.15, 0.2) is 41.2 Å². The van der Waals surface area contributed by atoms with Gasteiger partial charge in [-0.15, -0.1) is 0 Å². The first kappa shape index (κ1) is 18.4. The number of rotatable bonds is 7. The molecule has 0 saturated carbocycles. The Morgan fingerprint density at radius 2 is 2.04 bits per heavy atom. The predicted octanol–water partition coefficient (Wildman–Crippen LogP) is 2.15. The van der Waals surface area contributed by atoms with Gasteiger partial charge in [0.05, 0.1) is 0 Å². The Balaban J connectivity index is 1.93. The Bertz CT molecular complexity index is 814. The Labute approximate surface area is 145 Å². The third-order valence-electron chi connectivity index (χ3n) is 3.44. The third-order valence-corrected chi connectivity index (χ3v) is 3.44. The standard InChI is InChI=1S/C18H21N3O4/c1-3-4-10-21-17(23)9-8-15(20-21)18(24)25-12-16(22)19-14-7-5-6-13(2)11-14/h5-9,11H,3-4,10,12H2,1-2H3,(H,19,22). The summed E-state index contributed by atoms with van der Waals surface area (Å²) in [5.74, 6) is -1.19. The molecule has 0 fully saturated rings. The van der Waals surface area contributed by atoms with Gasteiger partial charge in [0.2, 0.25) is 0 Å². The molecule has 1 heterocycles. The van der Waals surface area contributed by atoms with E-state index in [0.717, 1.165) is 18.4 Å². The summed E-state index contributed by atoms with van der Waals surface area (Å²) in [5.41, 5.74) is 1.36. The number of nitrogens with zero attached hydrogens (tertiary/aromatic N) is 2. The molecule has 25 heavy (non-hydrogen) atoms. The van der Waals surface area contributed by atoms with Gasteiger partial charge in [0.1, 0.15) is 0 Å². The molecule has 0 unspecified atom stereocenters. The molecule has 0 aliphatic rings. The van der Waals surface area contributed by atoms with Gasteiger partial charge >= 0.3 is 5.97 Å². The summed E-state index contributed by atoms with van der Waals surface area (Å²) in [7, 11) is 0. The molecule has 0 radical (unpaired) electrons. The van der Waals surface area contributed by atoms with Gasteiger partial charge in [-0.1, -0.05) is 25.5 Å². The SMILES string of the molecule is CCCCn1nc(C(=O)OCC(=O)Nc2cccc(C)c2)ccc1=O. The number of carbonyl (C=O) groups excluding carboxylic acids is 2. The zero-order chi connectivity index (χ0) is 18.2. The highest BCUT2D eigenvalue weighted by Crippen LogP contribution is 2.09. The first-order chi connectivity index (χ1) is 12.0. The number of aryl methyl sites for hydroxylation is 2. The van der Waals surface area contributed by atoms with Crippen molar-refractivity contribution in [2.45, 2.75) is 33.2 Å². The second-order valence-electron chi connectivity index (χ2n) is 5.63. The van der Waals surface area contributed by atoms with Crippen LogP contribution in [0.2, 0.25) is 0 Å². The molecule has 0 spiro atoms. The lowest BCUT2D eigenvalue weighted by atomic mass is 10.2. The van der Waals surface area contributed by atoms with E-state index < -0.39 is 18.5 Å². The summed E-state index contributed by atoms with van der Waals surface area (Å²) >= 11 is 0. The molecule has 0 aliphatic heterocycles. The molecule has 1 aromatic carbocycles. The molecule has 132 valence electrons.